The standard InChI is InChI=1S/C41H78NO7P/c1-3-5-7-9-11-13-15-17-19-21-23-25-27-29-31-33-36-46-38-40(39-48-50(44,45)47-37-35-42)49-41(43)34-32-30-28-26-24-22-20-18-16-14-12-10-8-6-4-2/h12,14,17-20,40H,3-11,13,15-16,21-39,42H2,1-2H3,(H,44,45)/b14-12-,19-17-,20-18-. The SMILES string of the molecule is CCCCC/C=C\C/C=C\CCCCCCCC(=O)OC(COCCCCCCCC/C=C\CCCCCCCC)COP(=O)(O)OCCN. The van der Waals surface area contributed by atoms with E-state index in [4.69, 9.17) is 24.3 Å². The summed E-state index contributed by atoms with van der Waals surface area (Å²) in [7, 11) is -4.28. The average Bonchev–Trinajstić information content (AvgIpc) is 3.10. The fraction of sp³-hybridized carbons (Fsp3) is 0.829. The molecule has 0 aliphatic carbocycles. The molecule has 2 atom stereocenters. The first-order valence-corrected chi connectivity index (χ1v) is 22.0. The molecule has 0 saturated heterocycles. The van der Waals surface area contributed by atoms with Crippen LogP contribution in [-0.4, -0.2) is 49.9 Å². The van der Waals surface area contributed by atoms with Crippen molar-refractivity contribution >= 4 is 13.8 Å². The molecule has 0 heterocycles. The minimum Gasteiger partial charge on any atom is -0.457 e. The van der Waals surface area contributed by atoms with Crippen LogP contribution in [-0.2, 0) is 27.9 Å². The highest BCUT2D eigenvalue weighted by Crippen LogP contribution is 2.43. The quantitative estimate of drug-likeness (QED) is 0.0278. The molecule has 0 aliphatic heterocycles. The van der Waals surface area contributed by atoms with Gasteiger partial charge >= 0.3 is 13.8 Å². The summed E-state index contributed by atoms with van der Waals surface area (Å²) in [4.78, 5) is 22.4. The Morgan fingerprint density at radius 2 is 1.06 bits per heavy atom. The first-order valence-electron chi connectivity index (χ1n) is 20.5. The Bertz CT molecular complexity index is 864. The summed E-state index contributed by atoms with van der Waals surface area (Å²) in [6.07, 6.45) is 42.9. The molecule has 0 saturated carbocycles. The van der Waals surface area contributed by atoms with Gasteiger partial charge in [-0.05, 0) is 70.6 Å². The van der Waals surface area contributed by atoms with Crippen molar-refractivity contribution in [3.63, 3.8) is 0 Å². The Morgan fingerprint density at radius 3 is 1.62 bits per heavy atom. The van der Waals surface area contributed by atoms with Gasteiger partial charge in [0.25, 0.3) is 0 Å². The van der Waals surface area contributed by atoms with Gasteiger partial charge in [-0.3, -0.25) is 13.8 Å². The Hall–Kier alpha value is -1.28. The number of hydrogen-bond donors (Lipinski definition) is 2. The molecule has 0 rings (SSSR count). The van der Waals surface area contributed by atoms with Crippen LogP contribution in [0.1, 0.15) is 181 Å². The van der Waals surface area contributed by atoms with E-state index >= 15 is 0 Å². The summed E-state index contributed by atoms with van der Waals surface area (Å²) in [6, 6.07) is 0. The Balaban J connectivity index is 4.09. The number of carbonyl (C=O) groups is 1. The molecule has 0 aliphatic rings. The van der Waals surface area contributed by atoms with Gasteiger partial charge in [0.2, 0.25) is 0 Å². The Labute approximate surface area is 308 Å². The molecular weight excluding hydrogens is 649 g/mol. The van der Waals surface area contributed by atoms with E-state index in [1.165, 1.54) is 103 Å². The number of phosphoric acid groups is 1. The molecule has 0 amide bonds. The summed E-state index contributed by atoms with van der Waals surface area (Å²) >= 11 is 0. The molecule has 294 valence electrons. The van der Waals surface area contributed by atoms with Crippen molar-refractivity contribution in [1.29, 1.82) is 0 Å². The number of phosphoric ester groups is 1. The number of nitrogens with two attached hydrogens (primary N) is 1. The van der Waals surface area contributed by atoms with Gasteiger partial charge < -0.3 is 20.1 Å². The van der Waals surface area contributed by atoms with Crippen LogP contribution in [0.15, 0.2) is 36.5 Å². The highest BCUT2D eigenvalue weighted by atomic mass is 31.2. The van der Waals surface area contributed by atoms with Crippen molar-refractivity contribution in [2.24, 2.45) is 5.73 Å². The normalized spacial score (nSPS) is 13.9. The fourth-order valence-electron chi connectivity index (χ4n) is 5.49. The maximum absolute atomic E-state index is 12.5. The van der Waals surface area contributed by atoms with Gasteiger partial charge in [-0.15, -0.1) is 0 Å². The van der Waals surface area contributed by atoms with Crippen LogP contribution in [0.25, 0.3) is 0 Å². The molecule has 50 heavy (non-hydrogen) atoms. The monoisotopic (exact) mass is 728 g/mol. The topological polar surface area (TPSA) is 117 Å². The zero-order valence-corrected chi connectivity index (χ0v) is 33.3. The van der Waals surface area contributed by atoms with E-state index in [2.05, 4.69) is 50.3 Å². The number of carbonyl (C=O) groups excluding carboxylic acids is 1. The second kappa shape index (κ2) is 38.9. The van der Waals surface area contributed by atoms with Crippen molar-refractivity contribution < 1.29 is 32.8 Å². The van der Waals surface area contributed by atoms with Gasteiger partial charge in [0.1, 0.15) is 6.10 Å². The van der Waals surface area contributed by atoms with Gasteiger partial charge in [0, 0.05) is 19.6 Å². The molecule has 2 unspecified atom stereocenters. The van der Waals surface area contributed by atoms with Crippen LogP contribution in [0.4, 0.5) is 0 Å². The van der Waals surface area contributed by atoms with Crippen LogP contribution in [0.2, 0.25) is 0 Å². The lowest BCUT2D eigenvalue weighted by atomic mass is 10.1. The van der Waals surface area contributed by atoms with E-state index in [0.717, 1.165) is 57.8 Å². The van der Waals surface area contributed by atoms with Crippen LogP contribution < -0.4 is 5.73 Å². The number of allylic oxidation sites excluding steroid dienone is 6. The zero-order chi connectivity index (χ0) is 36.6. The van der Waals surface area contributed by atoms with Gasteiger partial charge in [0.15, 0.2) is 0 Å². The minimum absolute atomic E-state index is 0.0966. The molecule has 0 radical (unpaired) electrons. The predicted molar refractivity (Wildman–Crippen MR) is 210 cm³/mol. The highest BCUT2D eigenvalue weighted by molar-refractivity contribution is 7.47. The van der Waals surface area contributed by atoms with Crippen LogP contribution in [0, 0.1) is 0 Å². The lowest BCUT2D eigenvalue weighted by Gasteiger charge is -2.20. The fourth-order valence-corrected chi connectivity index (χ4v) is 6.26. The zero-order valence-electron chi connectivity index (χ0n) is 32.4. The molecule has 0 aromatic carbocycles. The third-order valence-electron chi connectivity index (χ3n) is 8.53. The van der Waals surface area contributed by atoms with Crippen molar-refractivity contribution in [3.05, 3.63) is 36.5 Å². The lowest BCUT2D eigenvalue weighted by molar-refractivity contribution is -0.154. The third-order valence-corrected chi connectivity index (χ3v) is 9.51. The van der Waals surface area contributed by atoms with Gasteiger partial charge in [-0.2, -0.15) is 0 Å². The maximum Gasteiger partial charge on any atom is 0.472 e. The van der Waals surface area contributed by atoms with Crippen LogP contribution in [0.3, 0.4) is 0 Å². The van der Waals surface area contributed by atoms with Gasteiger partial charge in [-0.25, -0.2) is 4.57 Å². The van der Waals surface area contributed by atoms with Gasteiger partial charge in [0.05, 0.1) is 19.8 Å². The minimum atomic E-state index is -4.28. The second-order valence-corrected chi connectivity index (χ2v) is 14.9. The molecule has 3 N–H and O–H groups in total. The summed E-state index contributed by atoms with van der Waals surface area (Å²) < 4.78 is 33.3. The van der Waals surface area contributed by atoms with Crippen molar-refractivity contribution in [2.45, 2.75) is 187 Å². The molecule has 9 heteroatoms. The van der Waals surface area contributed by atoms with E-state index in [9.17, 15) is 14.3 Å². The first-order chi connectivity index (χ1) is 24.4. The number of hydrogen-bond acceptors (Lipinski definition) is 7. The molecule has 0 spiro atoms. The van der Waals surface area contributed by atoms with E-state index in [1.54, 1.807) is 0 Å². The van der Waals surface area contributed by atoms with Crippen molar-refractivity contribution in [2.75, 3.05) is 33.0 Å². The Morgan fingerprint density at radius 1 is 0.600 bits per heavy atom. The number of ether oxygens (including phenoxy) is 2. The summed E-state index contributed by atoms with van der Waals surface area (Å²) in [5.41, 5.74) is 5.36. The summed E-state index contributed by atoms with van der Waals surface area (Å²) in [5, 5.41) is 0. The maximum atomic E-state index is 12.5. The number of unbranched alkanes of at least 4 members (excludes halogenated alkanes) is 20. The summed E-state index contributed by atoms with van der Waals surface area (Å²) in [5.74, 6) is -0.346. The molecule has 8 nitrogen and oxygen atoms in total. The summed E-state index contributed by atoms with van der Waals surface area (Å²) in [6.45, 7) is 4.86. The van der Waals surface area contributed by atoms with E-state index in [0.29, 0.717) is 13.0 Å². The Kier molecular flexibility index (Phi) is 37.9. The molecular formula is C41H78NO7P. The van der Waals surface area contributed by atoms with Crippen molar-refractivity contribution in [3.8, 4) is 0 Å². The molecule has 0 aromatic heterocycles. The smallest absolute Gasteiger partial charge is 0.457 e. The van der Waals surface area contributed by atoms with E-state index < -0.39 is 13.9 Å². The van der Waals surface area contributed by atoms with Crippen LogP contribution >= 0.6 is 7.82 Å². The highest BCUT2D eigenvalue weighted by Gasteiger charge is 2.25. The van der Waals surface area contributed by atoms with E-state index in [-0.39, 0.29) is 32.3 Å². The largest absolute Gasteiger partial charge is 0.472 e. The molecule has 0 fully saturated rings. The predicted octanol–water partition coefficient (Wildman–Crippen LogP) is 11.9. The number of rotatable bonds is 39. The molecule has 0 bridgehead atoms. The van der Waals surface area contributed by atoms with Gasteiger partial charge in [-0.1, -0.05) is 140 Å². The first kappa shape index (κ1) is 48.7. The number of esters is 1. The van der Waals surface area contributed by atoms with Crippen LogP contribution in [0.5, 0.6) is 0 Å². The second-order valence-electron chi connectivity index (χ2n) is 13.5. The third kappa shape index (κ3) is 38.0. The lowest BCUT2D eigenvalue weighted by Crippen LogP contribution is -2.28. The molecule has 0 aromatic rings. The van der Waals surface area contributed by atoms with E-state index in [1.807, 2.05) is 0 Å². The average molecular weight is 728 g/mol. The van der Waals surface area contributed by atoms with Crippen molar-refractivity contribution in [1.82, 2.24) is 0 Å².